The number of hydrogen-bond acceptors (Lipinski definition) is 5. The second-order valence-electron chi connectivity index (χ2n) is 3.91. The Hall–Kier alpha value is -2.06. The van der Waals surface area contributed by atoms with Gasteiger partial charge in [-0.3, -0.25) is 0 Å². The van der Waals surface area contributed by atoms with Crippen molar-refractivity contribution in [2.75, 3.05) is 13.7 Å². The van der Waals surface area contributed by atoms with E-state index in [0.717, 1.165) is 22.2 Å². The Kier molecular flexibility index (Phi) is 4.37. The number of aryl methyl sites for hydroxylation is 1. The zero-order chi connectivity index (χ0) is 13.7. The first-order valence-electron chi connectivity index (χ1n) is 5.86. The lowest BCUT2D eigenvalue weighted by atomic mass is 10.3. The molecule has 0 spiro atoms. The second-order valence-corrected chi connectivity index (χ2v) is 5.00. The Labute approximate surface area is 116 Å². The quantitative estimate of drug-likeness (QED) is 0.841. The standard InChI is InChI=1S/C14H14N2O2S/c1-10-13(9-15)19-14(16-10)6-7-18-12-5-3-4-11(8-12)17-2/h3-5,8H,6-7H2,1-2H3. The summed E-state index contributed by atoms with van der Waals surface area (Å²) in [7, 11) is 1.63. The van der Waals surface area contributed by atoms with E-state index in [4.69, 9.17) is 14.7 Å². The van der Waals surface area contributed by atoms with Crippen LogP contribution in [0.15, 0.2) is 24.3 Å². The number of rotatable bonds is 5. The van der Waals surface area contributed by atoms with Gasteiger partial charge in [0.25, 0.3) is 0 Å². The fraction of sp³-hybridized carbons (Fsp3) is 0.286. The van der Waals surface area contributed by atoms with Crippen LogP contribution in [0.3, 0.4) is 0 Å². The van der Waals surface area contributed by atoms with Crippen molar-refractivity contribution in [2.24, 2.45) is 0 Å². The van der Waals surface area contributed by atoms with E-state index in [1.165, 1.54) is 11.3 Å². The molecule has 0 fully saturated rings. The maximum Gasteiger partial charge on any atom is 0.127 e. The lowest BCUT2D eigenvalue weighted by Crippen LogP contribution is -2.01. The third-order valence-electron chi connectivity index (χ3n) is 2.57. The van der Waals surface area contributed by atoms with Crippen LogP contribution in [0.5, 0.6) is 11.5 Å². The molecule has 19 heavy (non-hydrogen) atoms. The average molecular weight is 274 g/mol. The number of thiazole rings is 1. The molecule has 1 aromatic heterocycles. The van der Waals surface area contributed by atoms with Crippen LogP contribution in [-0.4, -0.2) is 18.7 Å². The van der Waals surface area contributed by atoms with E-state index in [1.807, 2.05) is 31.2 Å². The van der Waals surface area contributed by atoms with Gasteiger partial charge in [0.2, 0.25) is 0 Å². The monoisotopic (exact) mass is 274 g/mol. The van der Waals surface area contributed by atoms with Crippen LogP contribution in [0.25, 0.3) is 0 Å². The van der Waals surface area contributed by atoms with Gasteiger partial charge >= 0.3 is 0 Å². The van der Waals surface area contributed by atoms with E-state index >= 15 is 0 Å². The summed E-state index contributed by atoms with van der Waals surface area (Å²) in [6, 6.07) is 9.62. The topological polar surface area (TPSA) is 55.1 Å². The van der Waals surface area contributed by atoms with Crippen molar-refractivity contribution < 1.29 is 9.47 Å². The predicted octanol–water partition coefficient (Wildman–Crippen LogP) is 2.95. The molecular weight excluding hydrogens is 260 g/mol. The summed E-state index contributed by atoms with van der Waals surface area (Å²) in [5.74, 6) is 1.54. The SMILES string of the molecule is COc1cccc(OCCc2nc(C)c(C#N)s2)c1. The van der Waals surface area contributed by atoms with Gasteiger partial charge in [-0.05, 0) is 19.1 Å². The highest BCUT2D eigenvalue weighted by molar-refractivity contribution is 7.12. The lowest BCUT2D eigenvalue weighted by Gasteiger charge is -2.06. The molecule has 4 nitrogen and oxygen atoms in total. The van der Waals surface area contributed by atoms with Crippen molar-refractivity contribution in [2.45, 2.75) is 13.3 Å². The highest BCUT2D eigenvalue weighted by Crippen LogP contribution is 2.20. The Morgan fingerprint density at radius 1 is 1.37 bits per heavy atom. The minimum absolute atomic E-state index is 0.533. The number of nitrogens with zero attached hydrogens (tertiary/aromatic N) is 2. The molecule has 0 aliphatic rings. The fourth-order valence-electron chi connectivity index (χ4n) is 1.61. The predicted molar refractivity (Wildman–Crippen MR) is 73.8 cm³/mol. The Bertz CT molecular complexity index is 602. The minimum Gasteiger partial charge on any atom is -0.497 e. The van der Waals surface area contributed by atoms with Gasteiger partial charge in [0.1, 0.15) is 22.4 Å². The van der Waals surface area contributed by atoms with Gasteiger partial charge in [-0.15, -0.1) is 11.3 Å². The summed E-state index contributed by atoms with van der Waals surface area (Å²) in [5.41, 5.74) is 0.795. The maximum absolute atomic E-state index is 8.87. The lowest BCUT2D eigenvalue weighted by molar-refractivity contribution is 0.318. The molecule has 0 atom stereocenters. The molecule has 0 bridgehead atoms. The molecule has 1 heterocycles. The number of nitriles is 1. The summed E-state index contributed by atoms with van der Waals surface area (Å²) in [5, 5.41) is 9.80. The van der Waals surface area contributed by atoms with Crippen molar-refractivity contribution in [3.05, 3.63) is 39.8 Å². The van der Waals surface area contributed by atoms with E-state index < -0.39 is 0 Å². The second kappa shape index (κ2) is 6.21. The highest BCUT2D eigenvalue weighted by atomic mass is 32.1. The number of methoxy groups -OCH3 is 1. The molecule has 5 heteroatoms. The maximum atomic E-state index is 8.87. The largest absolute Gasteiger partial charge is 0.497 e. The molecule has 0 aliphatic heterocycles. The summed E-state index contributed by atoms with van der Waals surface area (Å²) in [4.78, 5) is 5.01. The molecule has 2 rings (SSSR count). The summed E-state index contributed by atoms with van der Waals surface area (Å²) in [6.45, 7) is 2.38. The van der Waals surface area contributed by atoms with Crippen LogP contribution in [0, 0.1) is 18.3 Å². The summed E-state index contributed by atoms with van der Waals surface area (Å²) in [6.07, 6.45) is 0.699. The zero-order valence-corrected chi connectivity index (χ0v) is 11.7. The smallest absolute Gasteiger partial charge is 0.127 e. The first kappa shape index (κ1) is 13.4. The number of ether oxygens (including phenoxy) is 2. The van der Waals surface area contributed by atoms with E-state index in [-0.39, 0.29) is 0 Å². The van der Waals surface area contributed by atoms with Gasteiger partial charge in [-0.1, -0.05) is 6.07 Å². The Morgan fingerprint density at radius 3 is 2.84 bits per heavy atom. The fourth-order valence-corrected chi connectivity index (χ4v) is 2.45. The van der Waals surface area contributed by atoms with Gasteiger partial charge in [0, 0.05) is 12.5 Å². The Morgan fingerprint density at radius 2 is 2.16 bits per heavy atom. The molecule has 98 valence electrons. The van der Waals surface area contributed by atoms with Crippen molar-refractivity contribution in [1.82, 2.24) is 4.98 Å². The first-order valence-corrected chi connectivity index (χ1v) is 6.68. The molecule has 0 N–H and O–H groups in total. The molecule has 0 radical (unpaired) electrons. The van der Waals surface area contributed by atoms with E-state index in [0.29, 0.717) is 17.9 Å². The molecule has 1 aromatic carbocycles. The minimum atomic E-state index is 0.533. The molecule has 0 saturated carbocycles. The average Bonchev–Trinajstić information content (AvgIpc) is 2.79. The van der Waals surface area contributed by atoms with Crippen LogP contribution in [0.1, 0.15) is 15.6 Å². The van der Waals surface area contributed by atoms with E-state index in [1.54, 1.807) is 7.11 Å². The van der Waals surface area contributed by atoms with Gasteiger partial charge in [0.05, 0.1) is 24.4 Å². The van der Waals surface area contributed by atoms with Gasteiger partial charge in [0.15, 0.2) is 0 Å². The molecule has 0 saturated heterocycles. The van der Waals surface area contributed by atoms with Crippen LogP contribution < -0.4 is 9.47 Å². The van der Waals surface area contributed by atoms with Crippen LogP contribution in [0.2, 0.25) is 0 Å². The number of aromatic nitrogens is 1. The molecule has 2 aromatic rings. The third kappa shape index (κ3) is 3.46. The van der Waals surface area contributed by atoms with Crippen LogP contribution in [0.4, 0.5) is 0 Å². The zero-order valence-electron chi connectivity index (χ0n) is 10.8. The van der Waals surface area contributed by atoms with Crippen LogP contribution >= 0.6 is 11.3 Å². The van der Waals surface area contributed by atoms with Crippen LogP contribution in [-0.2, 0) is 6.42 Å². The molecular formula is C14H14N2O2S. The molecule has 0 aliphatic carbocycles. The normalized spacial score (nSPS) is 9.95. The summed E-state index contributed by atoms with van der Waals surface area (Å²) < 4.78 is 10.8. The Balaban J connectivity index is 1.90. The number of hydrogen-bond donors (Lipinski definition) is 0. The first-order chi connectivity index (χ1) is 9.22. The highest BCUT2D eigenvalue weighted by Gasteiger charge is 2.06. The van der Waals surface area contributed by atoms with E-state index in [9.17, 15) is 0 Å². The molecule has 0 amide bonds. The van der Waals surface area contributed by atoms with Crippen molar-refractivity contribution in [1.29, 1.82) is 5.26 Å². The van der Waals surface area contributed by atoms with E-state index in [2.05, 4.69) is 11.1 Å². The molecule has 0 unspecified atom stereocenters. The van der Waals surface area contributed by atoms with Gasteiger partial charge < -0.3 is 9.47 Å². The number of benzene rings is 1. The van der Waals surface area contributed by atoms with Crippen molar-refractivity contribution >= 4 is 11.3 Å². The van der Waals surface area contributed by atoms with Crippen molar-refractivity contribution in [3.8, 4) is 17.6 Å². The van der Waals surface area contributed by atoms with Crippen molar-refractivity contribution in [3.63, 3.8) is 0 Å². The third-order valence-corrected chi connectivity index (χ3v) is 3.69. The van der Waals surface area contributed by atoms with Gasteiger partial charge in [-0.25, -0.2) is 4.98 Å². The summed E-state index contributed by atoms with van der Waals surface area (Å²) >= 11 is 1.43. The van der Waals surface area contributed by atoms with Gasteiger partial charge in [-0.2, -0.15) is 5.26 Å².